The lowest BCUT2D eigenvalue weighted by molar-refractivity contribution is 0.549. The number of hydrogen-bond acceptors (Lipinski definition) is 5. The molecule has 1 N–H and O–H groups in total. The van der Waals surface area contributed by atoms with E-state index in [4.69, 9.17) is 0 Å². The first-order valence-corrected chi connectivity index (χ1v) is 9.82. The lowest BCUT2D eigenvalue weighted by atomic mass is 10.1. The van der Waals surface area contributed by atoms with E-state index in [-0.39, 0.29) is 6.04 Å². The molecule has 1 atom stereocenters. The second-order valence-corrected chi connectivity index (χ2v) is 7.86. The smallest absolute Gasteiger partial charge is 0.225 e. The maximum atomic E-state index is 11.4. The molecule has 0 radical (unpaired) electrons. The van der Waals surface area contributed by atoms with Crippen molar-refractivity contribution < 1.29 is 8.42 Å². The highest BCUT2D eigenvalue weighted by Gasteiger charge is 2.17. The van der Waals surface area contributed by atoms with Crippen LogP contribution in [-0.2, 0) is 10.0 Å². The molecule has 0 amide bonds. The van der Waals surface area contributed by atoms with E-state index in [9.17, 15) is 8.42 Å². The Morgan fingerprint density at radius 2 is 1.77 bits per heavy atom. The standard InChI is InChI=1S/C15H26N4O2S/c1-12-14(13(2)18-22(3,20)21)11-16-15(17-12)19-9-7-5-4-6-8-10-19/h11,13,18H,4-10H2,1-3H3/t13-/m1/s1. The summed E-state index contributed by atoms with van der Waals surface area (Å²) in [6, 6.07) is -0.323. The summed E-state index contributed by atoms with van der Waals surface area (Å²) < 4.78 is 25.3. The number of hydrogen-bond donors (Lipinski definition) is 1. The molecular weight excluding hydrogens is 300 g/mol. The van der Waals surface area contributed by atoms with Crippen molar-refractivity contribution in [1.82, 2.24) is 14.7 Å². The minimum Gasteiger partial charge on any atom is -0.341 e. The molecule has 6 nitrogen and oxygen atoms in total. The number of nitrogens with zero attached hydrogens (tertiary/aromatic N) is 3. The molecule has 0 saturated carbocycles. The van der Waals surface area contributed by atoms with Crippen LogP contribution in [0, 0.1) is 6.92 Å². The number of aryl methyl sites for hydroxylation is 1. The van der Waals surface area contributed by atoms with Crippen LogP contribution in [0.4, 0.5) is 5.95 Å². The van der Waals surface area contributed by atoms with Crippen LogP contribution in [0.1, 0.15) is 56.3 Å². The van der Waals surface area contributed by atoms with Crippen molar-refractivity contribution in [1.29, 1.82) is 0 Å². The summed E-state index contributed by atoms with van der Waals surface area (Å²) in [6.07, 6.45) is 9.12. The first kappa shape index (κ1) is 17.1. The van der Waals surface area contributed by atoms with E-state index in [1.165, 1.54) is 32.1 Å². The van der Waals surface area contributed by atoms with Gasteiger partial charge < -0.3 is 4.90 Å². The molecule has 1 saturated heterocycles. The molecule has 0 bridgehead atoms. The number of rotatable bonds is 4. The highest BCUT2D eigenvalue weighted by Crippen LogP contribution is 2.20. The van der Waals surface area contributed by atoms with Gasteiger partial charge in [0.05, 0.1) is 6.26 Å². The first-order chi connectivity index (χ1) is 10.4. The van der Waals surface area contributed by atoms with E-state index in [1.807, 2.05) is 13.8 Å². The molecular formula is C15H26N4O2S. The van der Waals surface area contributed by atoms with E-state index in [2.05, 4.69) is 19.6 Å². The fourth-order valence-corrected chi connectivity index (χ4v) is 3.64. The molecule has 0 aliphatic carbocycles. The Kier molecular flexibility index (Phi) is 5.74. The molecule has 2 rings (SSSR count). The minimum atomic E-state index is -3.24. The molecule has 2 heterocycles. The van der Waals surface area contributed by atoms with Gasteiger partial charge in [-0.2, -0.15) is 0 Å². The zero-order valence-corrected chi connectivity index (χ0v) is 14.5. The summed E-state index contributed by atoms with van der Waals surface area (Å²) in [5, 5.41) is 0. The maximum Gasteiger partial charge on any atom is 0.225 e. The van der Waals surface area contributed by atoms with Gasteiger partial charge in [-0.25, -0.2) is 23.1 Å². The SMILES string of the molecule is Cc1nc(N2CCCCCCC2)ncc1[C@@H](C)NS(C)(=O)=O. The molecule has 1 aliphatic rings. The van der Waals surface area contributed by atoms with E-state index in [0.717, 1.165) is 36.6 Å². The lowest BCUT2D eigenvalue weighted by Crippen LogP contribution is -2.30. The van der Waals surface area contributed by atoms with Gasteiger partial charge in [-0.15, -0.1) is 0 Å². The van der Waals surface area contributed by atoms with Crippen LogP contribution in [0.2, 0.25) is 0 Å². The molecule has 1 fully saturated rings. The second kappa shape index (κ2) is 7.37. The molecule has 22 heavy (non-hydrogen) atoms. The second-order valence-electron chi connectivity index (χ2n) is 6.08. The van der Waals surface area contributed by atoms with Crippen LogP contribution < -0.4 is 9.62 Å². The topological polar surface area (TPSA) is 75.2 Å². The monoisotopic (exact) mass is 326 g/mol. The molecule has 1 aromatic heterocycles. The van der Waals surface area contributed by atoms with Crippen LogP contribution in [-0.4, -0.2) is 37.7 Å². The van der Waals surface area contributed by atoms with Gasteiger partial charge in [0.1, 0.15) is 0 Å². The summed E-state index contributed by atoms with van der Waals surface area (Å²) in [5.74, 6) is 0.759. The van der Waals surface area contributed by atoms with Crippen molar-refractivity contribution in [2.45, 2.75) is 52.0 Å². The van der Waals surface area contributed by atoms with Gasteiger partial charge in [-0.3, -0.25) is 0 Å². The number of aromatic nitrogens is 2. The van der Waals surface area contributed by atoms with Gasteiger partial charge in [0, 0.05) is 36.6 Å². The number of sulfonamides is 1. The number of nitrogens with one attached hydrogen (secondary N) is 1. The third-order valence-electron chi connectivity index (χ3n) is 4.00. The van der Waals surface area contributed by atoms with Gasteiger partial charge in [0.25, 0.3) is 0 Å². The van der Waals surface area contributed by atoms with Crippen LogP contribution in [0.25, 0.3) is 0 Å². The Morgan fingerprint density at radius 3 is 2.32 bits per heavy atom. The Balaban J connectivity index is 2.14. The van der Waals surface area contributed by atoms with Gasteiger partial charge in [-0.05, 0) is 26.7 Å². The van der Waals surface area contributed by atoms with Crippen LogP contribution in [0.15, 0.2) is 6.20 Å². The fraction of sp³-hybridized carbons (Fsp3) is 0.733. The average Bonchev–Trinajstić information content (AvgIpc) is 2.35. The minimum absolute atomic E-state index is 0.323. The van der Waals surface area contributed by atoms with Crippen molar-refractivity contribution in [2.75, 3.05) is 24.2 Å². The van der Waals surface area contributed by atoms with Crippen LogP contribution in [0.5, 0.6) is 0 Å². The van der Waals surface area contributed by atoms with Gasteiger partial charge >= 0.3 is 0 Å². The van der Waals surface area contributed by atoms with E-state index >= 15 is 0 Å². The van der Waals surface area contributed by atoms with Gasteiger partial charge in [-0.1, -0.05) is 19.3 Å². The summed E-state index contributed by atoms with van der Waals surface area (Å²) in [4.78, 5) is 11.3. The zero-order valence-electron chi connectivity index (χ0n) is 13.7. The molecule has 1 aliphatic heterocycles. The van der Waals surface area contributed by atoms with Crippen molar-refractivity contribution in [3.8, 4) is 0 Å². The fourth-order valence-electron chi connectivity index (χ4n) is 2.87. The van der Waals surface area contributed by atoms with Crippen LogP contribution in [0.3, 0.4) is 0 Å². The molecule has 124 valence electrons. The van der Waals surface area contributed by atoms with Gasteiger partial charge in [0.2, 0.25) is 16.0 Å². The molecule has 0 unspecified atom stereocenters. The van der Waals surface area contributed by atoms with Crippen molar-refractivity contribution in [2.24, 2.45) is 0 Å². The van der Waals surface area contributed by atoms with E-state index < -0.39 is 10.0 Å². The zero-order chi connectivity index (χ0) is 16.2. The summed E-state index contributed by atoms with van der Waals surface area (Å²) in [7, 11) is -3.24. The third-order valence-corrected chi connectivity index (χ3v) is 4.78. The highest BCUT2D eigenvalue weighted by molar-refractivity contribution is 7.88. The van der Waals surface area contributed by atoms with E-state index in [0.29, 0.717) is 0 Å². The van der Waals surface area contributed by atoms with E-state index in [1.54, 1.807) is 6.20 Å². The Bertz CT molecular complexity index is 596. The first-order valence-electron chi connectivity index (χ1n) is 7.92. The summed E-state index contributed by atoms with van der Waals surface area (Å²) in [6.45, 7) is 5.71. The normalized spacial score (nSPS) is 18.6. The highest BCUT2D eigenvalue weighted by atomic mass is 32.2. The lowest BCUT2D eigenvalue weighted by Gasteiger charge is -2.25. The predicted octanol–water partition coefficient (Wildman–Crippen LogP) is 2.17. The Hall–Kier alpha value is -1.21. The van der Waals surface area contributed by atoms with Crippen LogP contribution >= 0.6 is 0 Å². The molecule has 7 heteroatoms. The van der Waals surface area contributed by atoms with Gasteiger partial charge in [0.15, 0.2) is 0 Å². The molecule has 1 aromatic rings. The van der Waals surface area contributed by atoms with Crippen molar-refractivity contribution in [3.63, 3.8) is 0 Å². The maximum absolute atomic E-state index is 11.4. The largest absolute Gasteiger partial charge is 0.341 e. The molecule has 0 aromatic carbocycles. The quantitative estimate of drug-likeness (QED) is 0.918. The van der Waals surface area contributed by atoms with Crippen molar-refractivity contribution in [3.05, 3.63) is 17.5 Å². The average molecular weight is 326 g/mol. The van der Waals surface area contributed by atoms with Crippen molar-refractivity contribution >= 4 is 16.0 Å². The molecule has 0 spiro atoms. The summed E-state index contributed by atoms with van der Waals surface area (Å²) in [5.41, 5.74) is 1.65. The Morgan fingerprint density at radius 1 is 1.18 bits per heavy atom. The third kappa shape index (κ3) is 4.91. The number of anilines is 1. The Labute approximate surface area is 133 Å². The summed E-state index contributed by atoms with van der Waals surface area (Å²) >= 11 is 0. The predicted molar refractivity (Wildman–Crippen MR) is 88.5 cm³/mol.